The normalized spacial score (nSPS) is 10.4. The van der Waals surface area contributed by atoms with Crippen LogP contribution >= 0.6 is 0 Å². The zero-order valence-corrected chi connectivity index (χ0v) is 15.1. The minimum absolute atomic E-state index is 0.200. The molecule has 0 bridgehead atoms. The van der Waals surface area contributed by atoms with Crippen molar-refractivity contribution in [2.45, 2.75) is 72.8 Å². The molecular formula is C17H34N2O3. The predicted molar refractivity (Wildman–Crippen MR) is 95.4 cm³/mol. The van der Waals surface area contributed by atoms with Crippen LogP contribution in [-0.2, 0) is 4.79 Å². The summed E-state index contributed by atoms with van der Waals surface area (Å²) in [6.07, 6.45) is 4.64. The average Bonchev–Trinajstić information content (AvgIpc) is 2.41. The second-order valence-electron chi connectivity index (χ2n) is 4.81. The third-order valence-corrected chi connectivity index (χ3v) is 2.64. The van der Waals surface area contributed by atoms with Crippen LogP contribution in [0.25, 0.3) is 0 Å². The molecule has 1 amide bonds. The number of hydrogen-bond acceptors (Lipinski definition) is 4. The van der Waals surface area contributed by atoms with Crippen LogP contribution in [0.3, 0.4) is 0 Å². The van der Waals surface area contributed by atoms with E-state index in [9.17, 15) is 4.79 Å². The molecule has 3 N–H and O–H groups in total. The highest BCUT2D eigenvalue weighted by Crippen LogP contribution is 2.18. The van der Waals surface area contributed by atoms with Crippen molar-refractivity contribution in [2.75, 3.05) is 0 Å². The first kappa shape index (κ1) is 25.2. The number of aliphatic hydroxyl groups is 2. The molecule has 0 radical (unpaired) electrons. The molecule has 0 aliphatic rings. The lowest BCUT2D eigenvalue weighted by Crippen LogP contribution is -2.48. The van der Waals surface area contributed by atoms with Gasteiger partial charge in [-0.1, -0.05) is 47.1 Å². The monoisotopic (exact) mass is 314 g/mol. The van der Waals surface area contributed by atoms with Crippen molar-refractivity contribution in [3.8, 4) is 0 Å². The Morgan fingerprint density at radius 3 is 1.91 bits per heavy atom. The van der Waals surface area contributed by atoms with Gasteiger partial charge in [0.25, 0.3) is 5.91 Å². The van der Waals surface area contributed by atoms with Crippen molar-refractivity contribution in [2.24, 2.45) is 4.99 Å². The number of aliphatic hydroxyl groups excluding tert-OH is 2. The highest BCUT2D eigenvalue weighted by Gasteiger charge is 2.25. The van der Waals surface area contributed by atoms with E-state index in [1.165, 1.54) is 0 Å². The molecule has 22 heavy (non-hydrogen) atoms. The van der Waals surface area contributed by atoms with E-state index in [4.69, 9.17) is 10.2 Å². The first-order valence-electron chi connectivity index (χ1n) is 7.77. The molecule has 0 aromatic carbocycles. The van der Waals surface area contributed by atoms with Gasteiger partial charge in [0.05, 0.1) is 6.26 Å². The van der Waals surface area contributed by atoms with Gasteiger partial charge < -0.3 is 15.5 Å². The van der Waals surface area contributed by atoms with Crippen molar-refractivity contribution >= 4 is 11.6 Å². The van der Waals surface area contributed by atoms with E-state index in [1.807, 2.05) is 20.8 Å². The van der Waals surface area contributed by atoms with Crippen LogP contribution in [0, 0.1) is 0 Å². The third kappa shape index (κ3) is 14.6. The molecule has 0 aromatic rings. The molecule has 0 aromatic heterocycles. The van der Waals surface area contributed by atoms with E-state index in [1.54, 1.807) is 6.92 Å². The zero-order chi connectivity index (χ0) is 18.2. The second kappa shape index (κ2) is 15.6. The van der Waals surface area contributed by atoms with Gasteiger partial charge in [0.15, 0.2) is 0 Å². The first-order chi connectivity index (χ1) is 10.3. The number of nitrogens with one attached hydrogen (secondary N) is 1. The molecular weight excluding hydrogens is 280 g/mol. The fourth-order valence-electron chi connectivity index (χ4n) is 1.96. The summed E-state index contributed by atoms with van der Waals surface area (Å²) in [5.74, 6) is -0.588. The summed E-state index contributed by atoms with van der Waals surface area (Å²) in [7, 11) is 0. The number of nitrogens with zero attached hydrogens (tertiary/aromatic N) is 1. The molecule has 0 rings (SSSR count). The van der Waals surface area contributed by atoms with Crippen molar-refractivity contribution < 1.29 is 15.0 Å². The van der Waals surface area contributed by atoms with Gasteiger partial charge >= 0.3 is 0 Å². The fourth-order valence-corrected chi connectivity index (χ4v) is 1.96. The minimum atomic E-state index is -0.342. The van der Waals surface area contributed by atoms with E-state index in [0.29, 0.717) is 0 Å². The second-order valence-corrected chi connectivity index (χ2v) is 4.81. The van der Waals surface area contributed by atoms with Gasteiger partial charge in [-0.25, -0.2) is 4.99 Å². The Morgan fingerprint density at radius 2 is 1.64 bits per heavy atom. The smallest absolute Gasteiger partial charge is 0.265 e. The van der Waals surface area contributed by atoms with Crippen LogP contribution in [0.5, 0.6) is 0 Å². The lowest BCUT2D eigenvalue weighted by molar-refractivity contribution is -0.116. The molecule has 0 saturated heterocycles. The van der Waals surface area contributed by atoms with Crippen LogP contribution in [0.15, 0.2) is 30.3 Å². The van der Waals surface area contributed by atoms with Crippen molar-refractivity contribution in [3.05, 3.63) is 25.3 Å². The van der Waals surface area contributed by atoms with Crippen LogP contribution in [0.2, 0.25) is 0 Å². The number of carbonyl (C=O) groups excluding carboxylic acids is 1. The SMILES string of the molecule is C=C(O)/N=C(\C)C(=O)NC(C)(CCC)CCC.C=CO.CC. The molecule has 5 heteroatoms. The fraction of sp³-hybridized carbons (Fsp3) is 0.647. The summed E-state index contributed by atoms with van der Waals surface area (Å²) in [6.45, 7) is 17.9. The Balaban J connectivity index is -0.000000637. The molecule has 0 unspecified atom stereocenters. The van der Waals surface area contributed by atoms with Gasteiger partial charge in [-0.3, -0.25) is 4.79 Å². The molecule has 0 aliphatic carbocycles. The third-order valence-electron chi connectivity index (χ3n) is 2.64. The largest absolute Gasteiger partial charge is 0.516 e. The van der Waals surface area contributed by atoms with Gasteiger partial charge in [0, 0.05) is 5.54 Å². The lowest BCUT2D eigenvalue weighted by Gasteiger charge is -2.30. The summed E-state index contributed by atoms with van der Waals surface area (Å²) in [5, 5.41) is 19.2. The lowest BCUT2D eigenvalue weighted by atomic mass is 9.90. The Labute approximate surface area is 135 Å². The molecule has 0 saturated carbocycles. The van der Waals surface area contributed by atoms with E-state index in [0.717, 1.165) is 31.9 Å². The standard InChI is InChI=1S/C13H24N2O2.C2H4O.C2H6/c1-6-8-13(5,9-7-2)15-12(17)10(3)14-11(4)16;1-2-3;1-2/h16H,4,6-9H2,1-3,5H3,(H,15,17);2-3H,1H2;1-2H3/b14-10+;;. The minimum Gasteiger partial charge on any atom is -0.516 e. The van der Waals surface area contributed by atoms with Crippen molar-refractivity contribution in [3.63, 3.8) is 0 Å². The highest BCUT2D eigenvalue weighted by atomic mass is 16.3. The molecule has 0 spiro atoms. The van der Waals surface area contributed by atoms with Crippen molar-refractivity contribution in [1.82, 2.24) is 5.32 Å². The van der Waals surface area contributed by atoms with Crippen LogP contribution in [-0.4, -0.2) is 27.4 Å². The van der Waals surface area contributed by atoms with Crippen LogP contribution < -0.4 is 5.32 Å². The number of aliphatic imine (C=N–C) groups is 1. The molecule has 5 nitrogen and oxygen atoms in total. The first-order valence-corrected chi connectivity index (χ1v) is 7.77. The maximum absolute atomic E-state index is 11.8. The molecule has 0 heterocycles. The van der Waals surface area contributed by atoms with Crippen LogP contribution in [0.4, 0.5) is 0 Å². The summed E-state index contributed by atoms with van der Waals surface area (Å²) < 4.78 is 0. The Hall–Kier alpha value is -1.78. The van der Waals surface area contributed by atoms with Crippen LogP contribution in [0.1, 0.15) is 67.2 Å². The average molecular weight is 314 g/mol. The summed E-state index contributed by atoms with van der Waals surface area (Å²) in [6, 6.07) is 0. The Kier molecular flexibility index (Phi) is 17.9. The molecule has 0 fully saturated rings. The number of rotatable bonds is 7. The van der Waals surface area contributed by atoms with E-state index < -0.39 is 0 Å². The van der Waals surface area contributed by atoms with E-state index in [2.05, 4.69) is 37.3 Å². The number of carbonyl (C=O) groups is 1. The Bertz CT molecular complexity index is 344. The van der Waals surface area contributed by atoms with E-state index in [-0.39, 0.29) is 23.0 Å². The Morgan fingerprint density at radius 1 is 1.27 bits per heavy atom. The summed E-state index contributed by atoms with van der Waals surface area (Å²) in [4.78, 5) is 15.5. The number of hydrogen-bond donors (Lipinski definition) is 3. The molecule has 0 atom stereocenters. The quantitative estimate of drug-likeness (QED) is 0.472. The predicted octanol–water partition coefficient (Wildman–Crippen LogP) is 4.67. The van der Waals surface area contributed by atoms with Gasteiger partial charge in [-0.05, 0) is 33.3 Å². The maximum atomic E-state index is 11.8. The van der Waals surface area contributed by atoms with Gasteiger partial charge in [0.2, 0.25) is 5.88 Å². The summed E-state index contributed by atoms with van der Waals surface area (Å²) in [5.41, 5.74) is 0.0321. The van der Waals surface area contributed by atoms with Gasteiger partial charge in [0.1, 0.15) is 5.71 Å². The maximum Gasteiger partial charge on any atom is 0.265 e. The number of amides is 1. The highest BCUT2D eigenvalue weighted by molar-refractivity contribution is 6.38. The summed E-state index contributed by atoms with van der Waals surface area (Å²) >= 11 is 0. The van der Waals surface area contributed by atoms with Gasteiger partial charge in [-0.15, -0.1) is 0 Å². The molecule has 130 valence electrons. The van der Waals surface area contributed by atoms with E-state index >= 15 is 0 Å². The topological polar surface area (TPSA) is 81.9 Å². The van der Waals surface area contributed by atoms with Gasteiger partial charge in [-0.2, -0.15) is 0 Å². The zero-order valence-electron chi connectivity index (χ0n) is 15.1. The molecule has 0 aliphatic heterocycles. The van der Waals surface area contributed by atoms with Crippen molar-refractivity contribution in [1.29, 1.82) is 0 Å².